The lowest BCUT2D eigenvalue weighted by Gasteiger charge is -2.61. The highest BCUT2D eigenvalue weighted by Gasteiger charge is 2.59. The van der Waals surface area contributed by atoms with Crippen LogP contribution in [0.3, 0.4) is 0 Å². The van der Waals surface area contributed by atoms with Gasteiger partial charge in [-0.2, -0.15) is 0 Å². The first-order chi connectivity index (χ1) is 13.1. The Morgan fingerprint density at radius 3 is 2.37 bits per heavy atom. The van der Waals surface area contributed by atoms with Crippen molar-refractivity contribution in [2.75, 3.05) is 19.8 Å². The maximum Gasteiger partial charge on any atom is 0.308 e. The molecule has 0 aromatic rings. The van der Waals surface area contributed by atoms with Gasteiger partial charge in [-0.25, -0.2) is 0 Å². The van der Waals surface area contributed by atoms with Crippen LogP contribution in [-0.4, -0.2) is 49.9 Å². The molecule has 6 nitrogen and oxygen atoms in total. The van der Waals surface area contributed by atoms with E-state index in [-0.39, 0.29) is 11.9 Å². The van der Waals surface area contributed by atoms with Gasteiger partial charge in [0.2, 0.25) is 0 Å². The molecule has 0 aromatic heterocycles. The van der Waals surface area contributed by atoms with E-state index in [0.29, 0.717) is 30.2 Å². The number of carbonyl (C=O) groups excluding carboxylic acids is 1. The van der Waals surface area contributed by atoms with Gasteiger partial charge in [-0.1, -0.05) is 6.42 Å². The van der Waals surface area contributed by atoms with Gasteiger partial charge in [0.25, 0.3) is 0 Å². The molecule has 3 fully saturated rings. The average molecular weight is 380 g/mol. The summed E-state index contributed by atoms with van der Waals surface area (Å²) in [6.45, 7) is 8.07. The molecular weight excluding hydrogens is 342 g/mol. The fraction of sp³-hybridized carbons (Fsp3) is 0.905. The number of nitrogens with zero attached hydrogens (tertiary/aromatic N) is 1. The lowest BCUT2D eigenvalue weighted by atomic mass is 9.51. The number of rotatable bonds is 7. The van der Waals surface area contributed by atoms with Gasteiger partial charge in [0.05, 0.1) is 18.6 Å². The number of hydrogen-bond donors (Lipinski definition) is 2. The molecule has 0 heterocycles. The molecular formula is C21H37N3O3. The fourth-order valence-corrected chi connectivity index (χ4v) is 5.02. The van der Waals surface area contributed by atoms with Crippen molar-refractivity contribution in [3.05, 3.63) is 0 Å². The smallest absolute Gasteiger partial charge is 0.308 e. The van der Waals surface area contributed by atoms with Crippen molar-refractivity contribution >= 4 is 11.9 Å². The van der Waals surface area contributed by atoms with Crippen LogP contribution in [0.2, 0.25) is 0 Å². The topological polar surface area (TPSA) is 72.0 Å². The Morgan fingerprint density at radius 1 is 1.07 bits per heavy atom. The van der Waals surface area contributed by atoms with E-state index in [2.05, 4.69) is 29.5 Å². The van der Waals surface area contributed by atoms with Crippen molar-refractivity contribution in [3.8, 4) is 0 Å². The van der Waals surface area contributed by atoms with Crippen LogP contribution in [0.15, 0.2) is 4.99 Å². The first-order valence-corrected chi connectivity index (χ1v) is 11.0. The van der Waals surface area contributed by atoms with Crippen LogP contribution in [0.1, 0.15) is 72.1 Å². The molecule has 0 aliphatic heterocycles. The SMILES string of the molecule is CCN=C(NC1CCC(C(=O)OCC)CC1)NC1CC(OCC)C12CCC2. The second kappa shape index (κ2) is 9.26. The Bertz CT molecular complexity index is 525. The molecule has 27 heavy (non-hydrogen) atoms. The predicted octanol–water partition coefficient (Wildman–Crippen LogP) is 3.01. The van der Waals surface area contributed by atoms with Gasteiger partial charge in [0.1, 0.15) is 0 Å². The zero-order valence-corrected chi connectivity index (χ0v) is 17.3. The normalized spacial score (nSPS) is 32.3. The Balaban J connectivity index is 1.49. The van der Waals surface area contributed by atoms with Gasteiger partial charge in [-0.05, 0) is 65.7 Å². The first-order valence-electron chi connectivity index (χ1n) is 11.0. The summed E-state index contributed by atoms with van der Waals surface area (Å²) in [7, 11) is 0. The largest absolute Gasteiger partial charge is 0.466 e. The van der Waals surface area contributed by atoms with E-state index < -0.39 is 0 Å². The number of aliphatic imine (C=N–C) groups is 1. The van der Waals surface area contributed by atoms with Crippen molar-refractivity contribution in [3.63, 3.8) is 0 Å². The monoisotopic (exact) mass is 379 g/mol. The second-order valence-electron chi connectivity index (χ2n) is 8.23. The molecule has 0 radical (unpaired) electrons. The molecule has 0 saturated heterocycles. The summed E-state index contributed by atoms with van der Waals surface area (Å²) in [6.07, 6.45) is 9.11. The summed E-state index contributed by atoms with van der Waals surface area (Å²) in [6, 6.07) is 0.852. The van der Waals surface area contributed by atoms with Crippen molar-refractivity contribution in [1.29, 1.82) is 0 Å². The minimum absolute atomic E-state index is 0.0279. The summed E-state index contributed by atoms with van der Waals surface area (Å²) >= 11 is 0. The molecule has 3 saturated carbocycles. The third-order valence-electron chi connectivity index (χ3n) is 6.75. The van der Waals surface area contributed by atoms with Crippen LogP contribution in [0, 0.1) is 11.3 Å². The highest BCUT2D eigenvalue weighted by molar-refractivity contribution is 5.81. The van der Waals surface area contributed by atoms with Crippen LogP contribution >= 0.6 is 0 Å². The molecule has 0 aromatic carbocycles. The number of hydrogen-bond acceptors (Lipinski definition) is 4. The minimum atomic E-state index is -0.0279. The lowest BCUT2D eigenvalue weighted by Crippen LogP contribution is -2.69. The van der Waals surface area contributed by atoms with Crippen molar-refractivity contribution in [2.45, 2.75) is 90.3 Å². The van der Waals surface area contributed by atoms with Crippen LogP contribution in [0.4, 0.5) is 0 Å². The predicted molar refractivity (Wildman–Crippen MR) is 107 cm³/mol. The maximum atomic E-state index is 11.9. The third-order valence-corrected chi connectivity index (χ3v) is 6.75. The average Bonchev–Trinajstić information content (AvgIpc) is 2.60. The Hall–Kier alpha value is -1.30. The lowest BCUT2D eigenvalue weighted by molar-refractivity contribution is -0.168. The molecule has 2 N–H and O–H groups in total. The number of esters is 1. The molecule has 6 heteroatoms. The van der Waals surface area contributed by atoms with Gasteiger partial charge in [0.15, 0.2) is 5.96 Å². The van der Waals surface area contributed by atoms with E-state index in [4.69, 9.17) is 9.47 Å². The van der Waals surface area contributed by atoms with Crippen LogP contribution in [0.5, 0.6) is 0 Å². The van der Waals surface area contributed by atoms with Crippen LogP contribution in [0.25, 0.3) is 0 Å². The van der Waals surface area contributed by atoms with E-state index in [0.717, 1.165) is 51.2 Å². The quantitative estimate of drug-likeness (QED) is 0.404. The highest BCUT2D eigenvalue weighted by Crippen LogP contribution is 2.57. The Labute approximate surface area is 163 Å². The van der Waals surface area contributed by atoms with Crippen LogP contribution in [-0.2, 0) is 14.3 Å². The molecule has 0 bridgehead atoms. The number of carbonyl (C=O) groups is 1. The van der Waals surface area contributed by atoms with Gasteiger partial charge >= 0.3 is 5.97 Å². The minimum Gasteiger partial charge on any atom is -0.466 e. The number of nitrogens with one attached hydrogen (secondary N) is 2. The maximum absolute atomic E-state index is 11.9. The highest BCUT2D eigenvalue weighted by atomic mass is 16.5. The van der Waals surface area contributed by atoms with Gasteiger partial charge in [-0.15, -0.1) is 0 Å². The summed E-state index contributed by atoms with van der Waals surface area (Å²) in [5, 5.41) is 7.33. The van der Waals surface area contributed by atoms with E-state index >= 15 is 0 Å². The summed E-state index contributed by atoms with van der Waals surface area (Å²) in [4.78, 5) is 16.6. The molecule has 3 aliphatic rings. The molecule has 1 spiro atoms. The first kappa shape index (κ1) is 20.4. The Kier molecular flexibility index (Phi) is 7.01. The standard InChI is InChI=1S/C21H37N3O3/c1-4-22-20(23-16-10-8-15(9-11-16)19(25)27-6-3)24-17-14-18(26-5-2)21(17)12-7-13-21/h15-18H,4-14H2,1-3H3,(H2,22,23,24). The van der Waals surface area contributed by atoms with E-state index in [9.17, 15) is 4.79 Å². The molecule has 2 unspecified atom stereocenters. The molecule has 2 atom stereocenters. The second-order valence-corrected chi connectivity index (χ2v) is 8.23. The van der Waals surface area contributed by atoms with Gasteiger partial charge in [0, 0.05) is 30.7 Å². The number of ether oxygens (including phenoxy) is 2. The van der Waals surface area contributed by atoms with Crippen molar-refractivity contribution < 1.29 is 14.3 Å². The van der Waals surface area contributed by atoms with Gasteiger partial charge < -0.3 is 20.1 Å². The molecule has 3 aliphatic carbocycles. The van der Waals surface area contributed by atoms with E-state index in [1.807, 2.05) is 6.92 Å². The van der Waals surface area contributed by atoms with Crippen molar-refractivity contribution in [2.24, 2.45) is 16.3 Å². The zero-order chi connectivity index (χ0) is 19.3. The number of guanidine groups is 1. The van der Waals surface area contributed by atoms with E-state index in [1.54, 1.807) is 0 Å². The van der Waals surface area contributed by atoms with Crippen LogP contribution < -0.4 is 10.6 Å². The fourth-order valence-electron chi connectivity index (χ4n) is 5.02. The van der Waals surface area contributed by atoms with E-state index in [1.165, 1.54) is 19.3 Å². The summed E-state index contributed by atoms with van der Waals surface area (Å²) in [5.74, 6) is 0.975. The zero-order valence-electron chi connectivity index (χ0n) is 17.3. The summed E-state index contributed by atoms with van der Waals surface area (Å²) < 4.78 is 11.1. The Morgan fingerprint density at radius 2 is 1.81 bits per heavy atom. The molecule has 3 rings (SSSR count). The third kappa shape index (κ3) is 4.41. The summed E-state index contributed by atoms with van der Waals surface area (Å²) in [5.41, 5.74) is 0.327. The molecule has 0 amide bonds. The molecule has 154 valence electrons. The van der Waals surface area contributed by atoms with Gasteiger partial charge in [-0.3, -0.25) is 9.79 Å². The van der Waals surface area contributed by atoms with Crippen molar-refractivity contribution in [1.82, 2.24) is 10.6 Å².